The first kappa shape index (κ1) is 19.1. The molecule has 2 aliphatic heterocycles. The molecule has 0 radical (unpaired) electrons. The van der Waals surface area contributed by atoms with Gasteiger partial charge in [-0.2, -0.15) is 0 Å². The highest BCUT2D eigenvalue weighted by molar-refractivity contribution is 5.79. The van der Waals surface area contributed by atoms with Crippen molar-refractivity contribution in [1.29, 1.82) is 0 Å². The molecule has 3 aromatic heterocycles. The van der Waals surface area contributed by atoms with Crippen LogP contribution in [0.5, 0.6) is 0 Å². The molecule has 32 heavy (non-hydrogen) atoms. The molecule has 8 heteroatoms. The fraction of sp³-hybridized carbons (Fsp3) is 0.167. The van der Waals surface area contributed by atoms with Crippen molar-refractivity contribution >= 4 is 46.4 Å². The highest BCUT2D eigenvalue weighted by Crippen LogP contribution is 2.26. The van der Waals surface area contributed by atoms with Gasteiger partial charge in [0.25, 0.3) is 0 Å². The zero-order valence-corrected chi connectivity index (χ0v) is 16.9. The monoisotopic (exact) mass is 431 g/mol. The van der Waals surface area contributed by atoms with E-state index in [1.807, 2.05) is 30.4 Å². The molecule has 5 heterocycles. The van der Waals surface area contributed by atoms with E-state index in [9.17, 15) is 20.4 Å². The maximum Gasteiger partial charge on any atom is 0.104 e. The number of nitrogens with one attached hydrogen (secondary N) is 2. The summed E-state index contributed by atoms with van der Waals surface area (Å²) in [4.78, 5) is 15.5. The summed E-state index contributed by atoms with van der Waals surface area (Å²) in [6.07, 6.45) is 5.02. The van der Waals surface area contributed by atoms with E-state index >= 15 is 0 Å². The largest absolute Gasteiger partial charge is 0.393 e. The van der Waals surface area contributed by atoms with E-state index in [4.69, 9.17) is 1.37 Å². The Bertz CT molecular complexity index is 1450. The van der Waals surface area contributed by atoms with Gasteiger partial charge in [0.1, 0.15) is 12.2 Å². The molecule has 8 nitrogen and oxygen atoms in total. The molecule has 2 atom stereocenters. The molecular weight excluding hydrogens is 408 g/mol. The van der Waals surface area contributed by atoms with Crippen molar-refractivity contribution < 1.29 is 21.8 Å². The van der Waals surface area contributed by atoms with Crippen LogP contribution >= 0.6 is 0 Å². The second-order valence-corrected chi connectivity index (χ2v) is 7.65. The lowest BCUT2D eigenvalue weighted by atomic mass is 10.1. The van der Waals surface area contributed by atoms with Crippen molar-refractivity contribution in [3.63, 3.8) is 0 Å². The lowest BCUT2D eigenvalue weighted by Gasteiger charge is -2.04. The van der Waals surface area contributed by atoms with Gasteiger partial charge in [0.2, 0.25) is 0 Å². The highest BCUT2D eigenvalue weighted by atomic mass is 16.3. The van der Waals surface area contributed by atoms with Gasteiger partial charge in [-0.05, 0) is 60.7 Å². The molecule has 0 aromatic carbocycles. The van der Waals surface area contributed by atoms with Gasteiger partial charge in [0.05, 0.1) is 37.4 Å². The van der Waals surface area contributed by atoms with Gasteiger partial charge in [-0.25, -0.2) is 9.97 Å². The second kappa shape index (κ2) is 8.18. The van der Waals surface area contributed by atoms with E-state index in [0.29, 0.717) is 44.7 Å². The van der Waals surface area contributed by atoms with Gasteiger partial charge >= 0.3 is 0 Å². The molecule has 0 spiro atoms. The summed E-state index contributed by atoms with van der Waals surface area (Å²) in [5.41, 5.74) is 5.47. The van der Waals surface area contributed by atoms with Crippen LogP contribution in [0.15, 0.2) is 36.4 Å². The zero-order valence-electron chi connectivity index (χ0n) is 17.9. The Morgan fingerprint density at radius 3 is 1.88 bits per heavy atom. The van der Waals surface area contributed by atoms with Crippen LogP contribution in [0.4, 0.5) is 0 Å². The Morgan fingerprint density at radius 1 is 0.688 bits per heavy atom. The van der Waals surface area contributed by atoms with Gasteiger partial charge in [0.15, 0.2) is 0 Å². The second-order valence-electron chi connectivity index (χ2n) is 7.65. The summed E-state index contributed by atoms with van der Waals surface area (Å²) in [6, 6.07) is 8.73. The van der Waals surface area contributed by atoms with Crippen molar-refractivity contribution in [2.24, 2.45) is 0 Å². The Balaban J connectivity index is 1.90. The minimum Gasteiger partial charge on any atom is -0.393 e. The SMILES string of the molecule is [2H]c1c(C(O)CO)c2cc3cc(C(O)CO)c(cc4nc(cc5nc(cc1[nH]2)C=C5)C=C4)[nH]3. The summed E-state index contributed by atoms with van der Waals surface area (Å²) >= 11 is 0. The van der Waals surface area contributed by atoms with Gasteiger partial charge in [-0.15, -0.1) is 0 Å². The first-order valence-electron chi connectivity index (χ1n) is 10.6. The molecule has 5 rings (SSSR count). The first-order valence-corrected chi connectivity index (χ1v) is 10.1. The van der Waals surface area contributed by atoms with E-state index in [2.05, 4.69) is 19.9 Å². The summed E-state index contributed by atoms with van der Waals surface area (Å²) in [5, 5.41) is 39.8. The summed E-state index contributed by atoms with van der Waals surface area (Å²) < 4.78 is 8.55. The predicted octanol–water partition coefficient (Wildman–Crippen LogP) is 2.71. The molecule has 2 aliphatic rings. The van der Waals surface area contributed by atoms with E-state index in [1.54, 1.807) is 24.3 Å². The minimum atomic E-state index is -1.25. The number of aliphatic hydroxyl groups excluding tert-OH is 4. The van der Waals surface area contributed by atoms with Gasteiger partial charge < -0.3 is 30.4 Å². The maximum absolute atomic E-state index is 10.4. The lowest BCUT2D eigenvalue weighted by Crippen LogP contribution is -2.01. The van der Waals surface area contributed by atoms with E-state index < -0.39 is 25.4 Å². The summed E-state index contributed by atoms with van der Waals surface area (Å²) in [7, 11) is 0. The van der Waals surface area contributed by atoms with Crippen LogP contribution in [-0.4, -0.2) is 53.6 Å². The highest BCUT2D eigenvalue weighted by Gasteiger charge is 2.14. The van der Waals surface area contributed by atoms with Crippen molar-refractivity contribution in [3.05, 3.63) is 70.3 Å². The van der Waals surface area contributed by atoms with Crippen LogP contribution in [0, 0.1) is 0 Å². The van der Waals surface area contributed by atoms with Crippen LogP contribution in [-0.2, 0) is 0 Å². The minimum absolute atomic E-state index is 0.0523. The number of H-pyrrole nitrogens is 2. The van der Waals surface area contributed by atoms with Crippen molar-refractivity contribution in [2.75, 3.05) is 13.2 Å². The molecule has 3 aromatic rings. The fourth-order valence-electron chi connectivity index (χ4n) is 3.79. The smallest absolute Gasteiger partial charge is 0.104 e. The summed E-state index contributed by atoms with van der Waals surface area (Å²) in [5.74, 6) is 0. The first-order chi connectivity index (χ1) is 15.9. The average Bonchev–Trinajstić information content (AvgIpc) is 3.57. The molecule has 8 bridgehead atoms. The Kier molecular flexibility index (Phi) is 4.89. The standard InChI is InChI=1S/C24H22N4O4/c29-11-23(31)19-7-17-6-15-2-1-13(25-15)5-14-3-4-16(26-14)9-21-20(24(32)12-30)8-18(28-21)10-22(19)27-17/h1-10,23-24,27-32H,11-12H2/i7D. The number of fused-ring (bicyclic) bond motifs is 8. The zero-order chi connectivity index (χ0) is 23.1. The van der Waals surface area contributed by atoms with E-state index in [1.165, 1.54) is 0 Å². The molecule has 0 fully saturated rings. The molecule has 2 unspecified atom stereocenters. The normalized spacial score (nSPS) is 15.1. The third kappa shape index (κ3) is 3.88. The van der Waals surface area contributed by atoms with Gasteiger partial charge in [0, 0.05) is 33.2 Å². The van der Waals surface area contributed by atoms with Crippen molar-refractivity contribution in [1.82, 2.24) is 19.9 Å². The Hall–Kier alpha value is -3.56. The Morgan fingerprint density at radius 2 is 1.22 bits per heavy atom. The Labute approximate surface area is 184 Å². The van der Waals surface area contributed by atoms with Crippen LogP contribution in [0.25, 0.3) is 46.4 Å². The maximum atomic E-state index is 10.4. The van der Waals surface area contributed by atoms with Crippen LogP contribution in [0.2, 0.25) is 0 Å². The number of nitrogens with zero attached hydrogens (tertiary/aromatic N) is 2. The quantitative estimate of drug-likeness (QED) is 0.259. The average molecular weight is 431 g/mol. The van der Waals surface area contributed by atoms with E-state index in [0.717, 1.165) is 5.69 Å². The van der Waals surface area contributed by atoms with Crippen molar-refractivity contribution in [3.8, 4) is 0 Å². The number of aromatic nitrogens is 4. The molecule has 0 amide bonds. The van der Waals surface area contributed by atoms with E-state index in [-0.39, 0.29) is 11.6 Å². The third-order valence-electron chi connectivity index (χ3n) is 5.31. The predicted molar refractivity (Wildman–Crippen MR) is 123 cm³/mol. The summed E-state index contributed by atoms with van der Waals surface area (Å²) in [6.45, 7) is -0.996. The molecule has 6 N–H and O–H groups in total. The number of aromatic amines is 2. The molecule has 0 saturated heterocycles. The topological polar surface area (TPSA) is 138 Å². The number of rotatable bonds is 4. The number of hydrogen-bond acceptors (Lipinski definition) is 6. The molecule has 162 valence electrons. The third-order valence-corrected chi connectivity index (χ3v) is 5.31. The molecule has 0 saturated carbocycles. The van der Waals surface area contributed by atoms with Gasteiger partial charge in [-0.3, -0.25) is 0 Å². The molecular formula is C24H22N4O4. The van der Waals surface area contributed by atoms with Crippen LogP contribution in [0.1, 0.15) is 47.5 Å². The van der Waals surface area contributed by atoms with Crippen molar-refractivity contribution in [2.45, 2.75) is 12.2 Å². The number of hydrogen-bond donors (Lipinski definition) is 6. The fourth-order valence-corrected chi connectivity index (χ4v) is 3.79. The molecule has 0 aliphatic carbocycles. The lowest BCUT2D eigenvalue weighted by molar-refractivity contribution is 0.0968. The number of aliphatic hydroxyl groups is 4. The van der Waals surface area contributed by atoms with Crippen LogP contribution < -0.4 is 0 Å². The van der Waals surface area contributed by atoms with Crippen LogP contribution in [0.3, 0.4) is 0 Å². The van der Waals surface area contributed by atoms with Gasteiger partial charge in [-0.1, -0.05) is 0 Å².